The van der Waals surface area contributed by atoms with Gasteiger partial charge in [-0.05, 0) is 19.3 Å². The molecular weight excluding hydrogens is 172 g/mol. The van der Waals surface area contributed by atoms with E-state index >= 15 is 0 Å². The summed E-state index contributed by atoms with van der Waals surface area (Å²) < 4.78 is 0. The van der Waals surface area contributed by atoms with Crippen molar-refractivity contribution in [1.82, 2.24) is 10.6 Å². The van der Waals surface area contributed by atoms with E-state index in [0.717, 1.165) is 12.1 Å². The molecule has 1 aliphatic carbocycles. The van der Waals surface area contributed by atoms with Crippen molar-refractivity contribution in [3.8, 4) is 0 Å². The molecule has 2 heteroatoms. The number of rotatable bonds is 4. The van der Waals surface area contributed by atoms with Gasteiger partial charge in [0.05, 0.1) is 0 Å². The average molecular weight is 198 g/mol. The van der Waals surface area contributed by atoms with Crippen LogP contribution in [0.3, 0.4) is 0 Å². The van der Waals surface area contributed by atoms with Gasteiger partial charge in [0.1, 0.15) is 0 Å². The van der Waals surface area contributed by atoms with Crippen LogP contribution < -0.4 is 10.6 Å². The van der Waals surface area contributed by atoms with Gasteiger partial charge in [-0.25, -0.2) is 0 Å². The Balaban J connectivity index is 2.28. The predicted octanol–water partition coefficient (Wildman–Crippen LogP) is 2.29. The largest absolute Gasteiger partial charge is 0.312 e. The second kappa shape index (κ2) is 5.72. The van der Waals surface area contributed by atoms with E-state index in [1.54, 1.807) is 0 Å². The molecule has 1 fully saturated rings. The van der Waals surface area contributed by atoms with Gasteiger partial charge >= 0.3 is 0 Å². The zero-order valence-corrected chi connectivity index (χ0v) is 10.1. The normalized spacial score (nSPS) is 28.7. The van der Waals surface area contributed by atoms with Gasteiger partial charge in [-0.2, -0.15) is 0 Å². The Morgan fingerprint density at radius 1 is 0.857 bits per heavy atom. The zero-order chi connectivity index (χ0) is 10.6. The van der Waals surface area contributed by atoms with Crippen molar-refractivity contribution in [2.75, 3.05) is 0 Å². The standard InChI is InChI=1S/C12H26N2/c1-9(2)13-11-6-5-7-12(8-11)14-10(3)4/h9-14H,5-8H2,1-4H3. The third-order valence-electron chi connectivity index (χ3n) is 2.81. The first-order chi connectivity index (χ1) is 6.58. The molecule has 0 aromatic heterocycles. The molecule has 1 aliphatic rings. The minimum absolute atomic E-state index is 0.623. The molecular formula is C12H26N2. The van der Waals surface area contributed by atoms with Crippen molar-refractivity contribution >= 4 is 0 Å². The highest BCUT2D eigenvalue weighted by molar-refractivity contribution is 4.83. The summed E-state index contributed by atoms with van der Waals surface area (Å²) in [5.41, 5.74) is 0. The Morgan fingerprint density at radius 3 is 1.64 bits per heavy atom. The summed E-state index contributed by atoms with van der Waals surface area (Å²) in [5, 5.41) is 7.29. The average Bonchev–Trinajstić information content (AvgIpc) is 2.01. The van der Waals surface area contributed by atoms with Gasteiger partial charge in [-0.15, -0.1) is 0 Å². The molecule has 0 heterocycles. The quantitative estimate of drug-likeness (QED) is 0.724. The third kappa shape index (κ3) is 4.43. The summed E-state index contributed by atoms with van der Waals surface area (Å²) in [6.45, 7) is 8.94. The van der Waals surface area contributed by atoms with Crippen LogP contribution in [0.25, 0.3) is 0 Å². The second-order valence-corrected chi connectivity index (χ2v) is 5.20. The van der Waals surface area contributed by atoms with Gasteiger partial charge < -0.3 is 10.6 Å². The second-order valence-electron chi connectivity index (χ2n) is 5.20. The molecule has 84 valence electrons. The van der Waals surface area contributed by atoms with Gasteiger partial charge in [0.25, 0.3) is 0 Å². The first-order valence-corrected chi connectivity index (χ1v) is 6.10. The van der Waals surface area contributed by atoms with Gasteiger partial charge in [-0.1, -0.05) is 34.1 Å². The maximum Gasteiger partial charge on any atom is 0.00842 e. The Morgan fingerprint density at radius 2 is 1.29 bits per heavy atom. The fourth-order valence-electron chi connectivity index (χ4n) is 2.44. The van der Waals surface area contributed by atoms with E-state index in [4.69, 9.17) is 0 Å². The lowest BCUT2D eigenvalue weighted by atomic mass is 9.90. The van der Waals surface area contributed by atoms with Gasteiger partial charge in [0.2, 0.25) is 0 Å². The molecule has 0 aromatic carbocycles. The van der Waals surface area contributed by atoms with Crippen molar-refractivity contribution in [2.24, 2.45) is 0 Å². The summed E-state index contributed by atoms with van der Waals surface area (Å²) in [6.07, 6.45) is 5.38. The van der Waals surface area contributed by atoms with E-state index in [0.29, 0.717) is 12.1 Å². The molecule has 14 heavy (non-hydrogen) atoms. The van der Waals surface area contributed by atoms with Crippen LogP contribution in [0, 0.1) is 0 Å². The van der Waals surface area contributed by atoms with E-state index in [1.165, 1.54) is 25.7 Å². The highest BCUT2D eigenvalue weighted by atomic mass is 15.0. The molecule has 2 nitrogen and oxygen atoms in total. The monoisotopic (exact) mass is 198 g/mol. The van der Waals surface area contributed by atoms with Gasteiger partial charge in [0, 0.05) is 24.2 Å². The van der Waals surface area contributed by atoms with Crippen LogP contribution in [0.2, 0.25) is 0 Å². The zero-order valence-electron chi connectivity index (χ0n) is 10.1. The van der Waals surface area contributed by atoms with Crippen LogP contribution in [0.5, 0.6) is 0 Å². The van der Waals surface area contributed by atoms with Crippen molar-refractivity contribution < 1.29 is 0 Å². The Hall–Kier alpha value is -0.0800. The number of hydrogen-bond donors (Lipinski definition) is 2. The first kappa shape index (κ1) is 12.0. The molecule has 0 aromatic rings. The Bertz CT molecular complexity index is 138. The smallest absolute Gasteiger partial charge is 0.00842 e. The summed E-state index contributed by atoms with van der Waals surface area (Å²) in [6, 6.07) is 2.72. The van der Waals surface area contributed by atoms with Crippen LogP contribution >= 0.6 is 0 Å². The first-order valence-electron chi connectivity index (χ1n) is 6.10. The van der Waals surface area contributed by atoms with Crippen LogP contribution in [-0.4, -0.2) is 24.2 Å². The van der Waals surface area contributed by atoms with Crippen molar-refractivity contribution in [1.29, 1.82) is 0 Å². The molecule has 2 N–H and O–H groups in total. The summed E-state index contributed by atoms with van der Waals surface area (Å²) >= 11 is 0. The van der Waals surface area contributed by atoms with Crippen molar-refractivity contribution in [3.05, 3.63) is 0 Å². The molecule has 2 atom stereocenters. The molecule has 0 aliphatic heterocycles. The van der Waals surface area contributed by atoms with E-state index in [9.17, 15) is 0 Å². The highest BCUT2D eigenvalue weighted by Gasteiger charge is 2.22. The Kier molecular flexibility index (Phi) is 4.90. The van der Waals surface area contributed by atoms with E-state index in [2.05, 4.69) is 38.3 Å². The minimum atomic E-state index is 0.623. The summed E-state index contributed by atoms with van der Waals surface area (Å²) in [4.78, 5) is 0. The lowest BCUT2D eigenvalue weighted by molar-refractivity contribution is 0.280. The van der Waals surface area contributed by atoms with E-state index in [1.807, 2.05) is 0 Å². The lowest BCUT2D eigenvalue weighted by Crippen LogP contribution is -2.45. The molecule has 0 bridgehead atoms. The fraction of sp³-hybridized carbons (Fsp3) is 1.00. The van der Waals surface area contributed by atoms with E-state index < -0.39 is 0 Å². The fourth-order valence-corrected chi connectivity index (χ4v) is 2.44. The van der Waals surface area contributed by atoms with Gasteiger partial charge in [-0.3, -0.25) is 0 Å². The summed E-state index contributed by atoms with van der Waals surface area (Å²) in [7, 11) is 0. The Labute approximate surface area is 88.8 Å². The van der Waals surface area contributed by atoms with Crippen LogP contribution in [0.15, 0.2) is 0 Å². The van der Waals surface area contributed by atoms with Crippen LogP contribution in [0.4, 0.5) is 0 Å². The van der Waals surface area contributed by atoms with Crippen LogP contribution in [0.1, 0.15) is 53.4 Å². The highest BCUT2D eigenvalue weighted by Crippen LogP contribution is 2.19. The van der Waals surface area contributed by atoms with Crippen molar-refractivity contribution in [3.63, 3.8) is 0 Å². The third-order valence-corrected chi connectivity index (χ3v) is 2.81. The number of hydrogen-bond acceptors (Lipinski definition) is 2. The molecule has 2 unspecified atom stereocenters. The topological polar surface area (TPSA) is 24.1 Å². The SMILES string of the molecule is CC(C)NC1CCCC(NC(C)C)C1. The predicted molar refractivity (Wildman–Crippen MR) is 62.6 cm³/mol. The molecule has 1 rings (SSSR count). The molecule has 0 spiro atoms. The summed E-state index contributed by atoms with van der Waals surface area (Å²) in [5.74, 6) is 0. The lowest BCUT2D eigenvalue weighted by Gasteiger charge is -2.32. The number of nitrogens with one attached hydrogen (secondary N) is 2. The minimum Gasteiger partial charge on any atom is -0.312 e. The maximum atomic E-state index is 3.64. The molecule has 0 radical (unpaired) electrons. The van der Waals surface area contributed by atoms with Crippen LogP contribution in [-0.2, 0) is 0 Å². The van der Waals surface area contributed by atoms with E-state index in [-0.39, 0.29) is 0 Å². The van der Waals surface area contributed by atoms with Crippen molar-refractivity contribution in [2.45, 2.75) is 77.5 Å². The molecule has 0 amide bonds. The van der Waals surface area contributed by atoms with Gasteiger partial charge in [0.15, 0.2) is 0 Å². The molecule has 1 saturated carbocycles. The maximum absolute atomic E-state index is 3.64. The molecule has 0 saturated heterocycles.